The van der Waals surface area contributed by atoms with Gasteiger partial charge in [-0.2, -0.15) is 0 Å². The molecular formula is C35H23F2P. The maximum absolute atomic E-state index is 15.9. The molecule has 7 aromatic carbocycles. The molecule has 0 fully saturated rings. The maximum atomic E-state index is 15.9. The maximum Gasteiger partial charge on any atom is 0.134 e. The molecule has 0 aliphatic heterocycles. The third kappa shape index (κ3) is 3.27. The highest BCUT2D eigenvalue weighted by atomic mass is 31.2. The van der Waals surface area contributed by atoms with Gasteiger partial charge in [-0.05, 0) is 84.9 Å². The van der Waals surface area contributed by atoms with Crippen molar-refractivity contribution < 1.29 is 8.78 Å². The van der Waals surface area contributed by atoms with Crippen LogP contribution in [0, 0.1) is 11.6 Å². The number of rotatable bonds is 3. The van der Waals surface area contributed by atoms with E-state index in [-0.39, 0.29) is 5.30 Å². The molecule has 0 amide bonds. The molecule has 0 saturated heterocycles. The van der Waals surface area contributed by atoms with Crippen LogP contribution in [0.15, 0.2) is 127 Å². The first kappa shape index (κ1) is 22.9. The van der Waals surface area contributed by atoms with Gasteiger partial charge in [-0.15, -0.1) is 0 Å². The molecule has 7 rings (SSSR count). The summed E-state index contributed by atoms with van der Waals surface area (Å²) in [6.45, 7) is -3.10. The molecule has 0 aliphatic rings. The third-order valence-corrected chi connectivity index (χ3v) is 11.2. The highest BCUT2D eigenvalue weighted by Gasteiger charge is 2.32. The van der Waals surface area contributed by atoms with Crippen molar-refractivity contribution in [2.45, 2.75) is 0 Å². The molecule has 0 aliphatic carbocycles. The van der Waals surface area contributed by atoms with Crippen LogP contribution in [0.3, 0.4) is 0 Å². The Morgan fingerprint density at radius 2 is 0.789 bits per heavy atom. The first-order valence-corrected chi connectivity index (χ1v) is 14.5. The third-order valence-electron chi connectivity index (χ3n) is 7.63. The van der Waals surface area contributed by atoms with Crippen molar-refractivity contribution in [3.63, 3.8) is 0 Å². The van der Waals surface area contributed by atoms with Gasteiger partial charge in [0.2, 0.25) is 0 Å². The lowest BCUT2D eigenvalue weighted by atomic mass is 10.0. The summed E-state index contributed by atoms with van der Waals surface area (Å²) in [5.74, 6) is -1.13. The van der Waals surface area contributed by atoms with Gasteiger partial charge in [0, 0.05) is 0 Å². The van der Waals surface area contributed by atoms with Crippen LogP contribution in [-0.4, -0.2) is 6.30 Å². The van der Waals surface area contributed by atoms with Gasteiger partial charge in [0.1, 0.15) is 11.6 Å². The first-order chi connectivity index (χ1) is 18.6. The Kier molecular flexibility index (Phi) is 5.21. The minimum Gasteiger partial charge on any atom is -0.206 e. The molecule has 3 heteroatoms. The zero-order valence-electron chi connectivity index (χ0n) is 20.5. The Morgan fingerprint density at radius 1 is 0.421 bits per heavy atom. The Balaban J connectivity index is 1.74. The SMILES string of the molecule is C=P(c1c(F)cccc1F)(c1cc2ccccc2c2ccccc12)c1cc2ccccc2c2ccccc12. The van der Waals surface area contributed by atoms with E-state index >= 15 is 8.78 Å². The van der Waals surface area contributed by atoms with Crippen LogP contribution in [0.2, 0.25) is 0 Å². The summed E-state index contributed by atoms with van der Waals surface area (Å²) in [6, 6.07) is 41.0. The van der Waals surface area contributed by atoms with Crippen LogP contribution >= 0.6 is 6.89 Å². The summed E-state index contributed by atoms with van der Waals surface area (Å²) >= 11 is 0. The number of fused-ring (bicyclic) bond motifs is 6. The van der Waals surface area contributed by atoms with Crippen LogP contribution in [0.5, 0.6) is 0 Å². The fourth-order valence-corrected chi connectivity index (χ4v) is 9.48. The van der Waals surface area contributed by atoms with E-state index in [0.29, 0.717) is 0 Å². The van der Waals surface area contributed by atoms with Crippen LogP contribution in [-0.2, 0) is 0 Å². The molecule has 0 N–H and O–H groups in total. The number of hydrogen-bond acceptors (Lipinski definition) is 0. The molecule has 0 unspecified atom stereocenters. The predicted molar refractivity (Wildman–Crippen MR) is 162 cm³/mol. The molecule has 0 spiro atoms. The lowest BCUT2D eigenvalue weighted by Crippen LogP contribution is -2.30. The van der Waals surface area contributed by atoms with Crippen molar-refractivity contribution in [2.75, 3.05) is 0 Å². The lowest BCUT2D eigenvalue weighted by molar-refractivity contribution is 0.598. The summed E-state index contributed by atoms with van der Waals surface area (Å²) in [6.07, 6.45) is 4.85. The van der Waals surface area contributed by atoms with Gasteiger partial charge in [0.25, 0.3) is 0 Å². The number of benzene rings is 7. The zero-order chi connectivity index (χ0) is 25.9. The Labute approximate surface area is 219 Å². The summed E-state index contributed by atoms with van der Waals surface area (Å²) < 4.78 is 31.8. The average Bonchev–Trinajstić information content (AvgIpc) is 2.96. The van der Waals surface area contributed by atoms with E-state index in [1.165, 1.54) is 18.2 Å². The lowest BCUT2D eigenvalue weighted by Gasteiger charge is -2.31. The minimum absolute atomic E-state index is 0.0564. The molecule has 0 bridgehead atoms. The van der Waals surface area contributed by atoms with Gasteiger partial charge in [-0.1, -0.05) is 109 Å². The fourth-order valence-electron chi connectivity index (χ4n) is 5.93. The summed E-state index contributed by atoms with van der Waals surface area (Å²) in [7, 11) is 0. The molecular weight excluding hydrogens is 489 g/mol. The van der Waals surface area contributed by atoms with Gasteiger partial charge >= 0.3 is 0 Å². The molecule has 38 heavy (non-hydrogen) atoms. The standard InChI is InChI=1S/C35H23F2P/c1-38(35-31(36)19-10-20-32(35)37,33-21-23-11-2-4-13-25(23)27-15-6-8-17-29(27)33)34-22-24-12-3-5-14-26(24)28-16-7-9-18-30(28)34/h2-22H,1H2. The van der Waals surface area contributed by atoms with Crippen molar-refractivity contribution >= 4 is 72.2 Å². The predicted octanol–water partition coefficient (Wildman–Crippen LogP) is 8.30. The molecule has 0 heterocycles. The summed E-state index contributed by atoms with van der Waals surface area (Å²) in [4.78, 5) is 0. The second-order valence-electron chi connectivity index (χ2n) is 9.70. The monoisotopic (exact) mass is 512 g/mol. The molecule has 0 atom stereocenters. The molecule has 0 saturated carbocycles. The van der Waals surface area contributed by atoms with E-state index < -0.39 is 18.5 Å². The van der Waals surface area contributed by atoms with Crippen molar-refractivity contribution in [3.05, 3.63) is 139 Å². The van der Waals surface area contributed by atoms with E-state index in [1.807, 2.05) is 48.5 Å². The zero-order valence-corrected chi connectivity index (χ0v) is 21.4. The van der Waals surface area contributed by atoms with Gasteiger partial charge < -0.3 is 0 Å². The van der Waals surface area contributed by atoms with E-state index in [2.05, 4.69) is 60.7 Å². The largest absolute Gasteiger partial charge is 0.206 e. The van der Waals surface area contributed by atoms with Crippen molar-refractivity contribution in [2.24, 2.45) is 0 Å². The van der Waals surface area contributed by atoms with E-state index in [0.717, 1.165) is 53.7 Å². The van der Waals surface area contributed by atoms with Crippen LogP contribution in [0.1, 0.15) is 0 Å². The first-order valence-electron chi connectivity index (χ1n) is 12.6. The van der Waals surface area contributed by atoms with Crippen LogP contribution in [0.25, 0.3) is 43.1 Å². The quantitative estimate of drug-likeness (QED) is 0.165. The topological polar surface area (TPSA) is 0 Å². The minimum atomic E-state index is -3.10. The Hall–Kier alpha value is -4.26. The fraction of sp³-hybridized carbons (Fsp3) is 0. The van der Waals surface area contributed by atoms with Crippen LogP contribution < -0.4 is 15.9 Å². The van der Waals surface area contributed by atoms with Crippen molar-refractivity contribution in [3.8, 4) is 0 Å². The molecule has 7 aromatic rings. The van der Waals surface area contributed by atoms with E-state index in [4.69, 9.17) is 6.30 Å². The van der Waals surface area contributed by atoms with Gasteiger partial charge in [0.05, 0.1) is 5.30 Å². The van der Waals surface area contributed by atoms with Crippen molar-refractivity contribution in [1.29, 1.82) is 0 Å². The molecule has 0 nitrogen and oxygen atoms in total. The highest BCUT2D eigenvalue weighted by Crippen LogP contribution is 2.49. The molecule has 182 valence electrons. The Morgan fingerprint density at radius 3 is 1.24 bits per heavy atom. The van der Waals surface area contributed by atoms with E-state index in [9.17, 15) is 0 Å². The second-order valence-corrected chi connectivity index (χ2v) is 12.7. The van der Waals surface area contributed by atoms with Gasteiger partial charge in [-0.3, -0.25) is 0 Å². The number of halogens is 2. The number of hydrogen-bond donors (Lipinski definition) is 0. The Bertz CT molecular complexity index is 1950. The summed E-state index contributed by atoms with van der Waals surface area (Å²) in [5.41, 5.74) is 0. The molecule has 0 radical (unpaired) electrons. The van der Waals surface area contributed by atoms with E-state index in [1.54, 1.807) is 0 Å². The normalized spacial score (nSPS) is 12.1. The summed E-state index contributed by atoms with van der Waals surface area (Å²) in [5, 5.41) is 10.1. The second kappa shape index (κ2) is 8.65. The van der Waals surface area contributed by atoms with Crippen molar-refractivity contribution in [1.82, 2.24) is 0 Å². The molecule has 0 aromatic heterocycles. The highest BCUT2D eigenvalue weighted by molar-refractivity contribution is 7.94. The van der Waals surface area contributed by atoms with Gasteiger partial charge in [-0.25, -0.2) is 8.78 Å². The smallest absolute Gasteiger partial charge is 0.134 e. The van der Waals surface area contributed by atoms with Gasteiger partial charge in [0.15, 0.2) is 0 Å². The van der Waals surface area contributed by atoms with Crippen LogP contribution in [0.4, 0.5) is 8.78 Å². The average molecular weight is 513 g/mol.